The molecule has 1 rings (SSSR count). The number of carbonyl (C=O) groups is 3. The highest BCUT2D eigenvalue weighted by molar-refractivity contribution is 7.64. The van der Waals surface area contributed by atoms with Crippen LogP contribution in [0.25, 0.3) is 0 Å². The van der Waals surface area contributed by atoms with Gasteiger partial charge in [0.25, 0.3) is 0 Å². The molecule has 1 saturated heterocycles. The summed E-state index contributed by atoms with van der Waals surface area (Å²) >= 11 is 0. The van der Waals surface area contributed by atoms with Gasteiger partial charge in [-0.3, -0.25) is 14.4 Å². The first kappa shape index (κ1) is 19.6. The first-order chi connectivity index (χ1) is 10.6. The minimum Gasteiger partial charge on any atom is -0.459 e. The second-order valence-corrected chi connectivity index (χ2v) is 8.78. The molecule has 0 spiro atoms. The van der Waals surface area contributed by atoms with Crippen molar-refractivity contribution in [2.75, 3.05) is 19.4 Å². The van der Waals surface area contributed by atoms with Gasteiger partial charge in [-0.1, -0.05) is 6.92 Å². The van der Waals surface area contributed by atoms with Crippen molar-refractivity contribution in [2.24, 2.45) is 0 Å². The third-order valence-corrected chi connectivity index (χ3v) is 7.01. The Hall–Kier alpha value is -1.40. The molecule has 0 amide bonds. The second kappa shape index (κ2) is 7.93. The molecule has 0 aromatic carbocycles. The molecule has 9 heteroatoms. The summed E-state index contributed by atoms with van der Waals surface area (Å²) in [5.74, 6) is -2.96. The number of carbonyl (C=O) groups excluding carboxylic acids is 3. The quantitative estimate of drug-likeness (QED) is 0.413. The normalized spacial score (nSPS) is 33.6. The van der Waals surface area contributed by atoms with E-state index >= 15 is 0 Å². The highest BCUT2D eigenvalue weighted by atomic mass is 31.2. The molecule has 0 unspecified atom stereocenters. The fourth-order valence-electron chi connectivity index (χ4n) is 2.72. The molecular formula is C14H23O8P. The van der Waals surface area contributed by atoms with Crippen molar-refractivity contribution in [1.29, 1.82) is 0 Å². The van der Waals surface area contributed by atoms with Crippen LogP contribution in [0.1, 0.15) is 27.7 Å². The number of hydrogen-bond acceptors (Lipinski definition) is 8. The van der Waals surface area contributed by atoms with Gasteiger partial charge in [0.15, 0.2) is 11.9 Å². The molecule has 132 valence electrons. The summed E-state index contributed by atoms with van der Waals surface area (Å²) in [7, 11) is -1.76. The van der Waals surface area contributed by atoms with Crippen molar-refractivity contribution >= 4 is 25.0 Å². The third-order valence-electron chi connectivity index (χ3n) is 3.64. The molecule has 0 bridgehead atoms. The van der Waals surface area contributed by atoms with Crippen LogP contribution in [0.5, 0.6) is 0 Å². The number of hydrogen-bond donors (Lipinski definition) is 0. The number of rotatable bonds is 5. The van der Waals surface area contributed by atoms with Gasteiger partial charge in [-0.05, 0) is 0 Å². The Morgan fingerprint density at radius 3 is 1.87 bits per heavy atom. The summed E-state index contributed by atoms with van der Waals surface area (Å²) in [5.41, 5.74) is 0. The zero-order chi connectivity index (χ0) is 17.8. The number of ether oxygens (including phenoxy) is 4. The lowest BCUT2D eigenvalue weighted by molar-refractivity contribution is -0.184. The molecule has 1 aliphatic heterocycles. The van der Waals surface area contributed by atoms with Gasteiger partial charge in [0.1, 0.15) is 19.3 Å². The fraction of sp³-hybridized carbons (Fsp3) is 0.786. The van der Waals surface area contributed by atoms with E-state index in [0.717, 1.165) is 0 Å². The minimum absolute atomic E-state index is 0.00268. The van der Waals surface area contributed by atoms with Crippen molar-refractivity contribution < 1.29 is 37.9 Å². The van der Waals surface area contributed by atoms with E-state index in [1.807, 2.05) is 0 Å². The van der Waals surface area contributed by atoms with Gasteiger partial charge in [0, 0.05) is 40.2 Å². The summed E-state index contributed by atoms with van der Waals surface area (Å²) < 4.78 is 34.1. The van der Waals surface area contributed by atoms with Gasteiger partial charge in [-0.15, -0.1) is 0 Å². The standard InChI is InChI=1S/C14H23O8P/c1-6-23(18)7-11(20-8(2)15)12(19-5)13(21-9(3)16)14(23)22-10(4)17/h11-14H,6-7H2,1-5H3/t11-,12+,13-,14-,23-/m1/s1. The van der Waals surface area contributed by atoms with Crippen LogP contribution in [-0.4, -0.2) is 61.5 Å². The average molecular weight is 350 g/mol. The van der Waals surface area contributed by atoms with Crippen molar-refractivity contribution in [3.05, 3.63) is 0 Å². The van der Waals surface area contributed by atoms with Crippen LogP contribution < -0.4 is 0 Å². The van der Waals surface area contributed by atoms with Crippen molar-refractivity contribution in [3.8, 4) is 0 Å². The monoisotopic (exact) mass is 350 g/mol. The highest BCUT2D eigenvalue weighted by Crippen LogP contribution is 2.57. The topological polar surface area (TPSA) is 105 Å². The Morgan fingerprint density at radius 2 is 1.48 bits per heavy atom. The summed E-state index contributed by atoms with van der Waals surface area (Å²) in [6, 6.07) is 0. The molecule has 1 aliphatic rings. The second-order valence-electron chi connectivity index (χ2n) is 5.37. The van der Waals surface area contributed by atoms with E-state index in [1.165, 1.54) is 27.9 Å². The van der Waals surface area contributed by atoms with E-state index in [2.05, 4.69) is 0 Å². The van der Waals surface area contributed by atoms with Crippen LogP contribution in [0, 0.1) is 0 Å². The van der Waals surface area contributed by atoms with E-state index in [1.54, 1.807) is 6.92 Å². The SMILES string of the molecule is CC[P@@]1(=O)C[C@@H](OC(C)=O)[C@H](OC)[C@@H](OC(C)=O)[C@@H]1OC(C)=O. The van der Waals surface area contributed by atoms with Crippen molar-refractivity contribution in [1.82, 2.24) is 0 Å². The Morgan fingerprint density at radius 1 is 0.957 bits per heavy atom. The van der Waals surface area contributed by atoms with Gasteiger partial charge >= 0.3 is 17.9 Å². The molecule has 5 atom stereocenters. The molecular weight excluding hydrogens is 327 g/mol. The predicted octanol–water partition coefficient (Wildman–Crippen LogP) is 1.15. The summed E-state index contributed by atoms with van der Waals surface area (Å²) in [5, 5.41) is 0. The Balaban J connectivity index is 3.28. The Labute approximate surface area is 135 Å². The van der Waals surface area contributed by atoms with E-state index in [-0.39, 0.29) is 12.3 Å². The Kier molecular flexibility index (Phi) is 6.77. The zero-order valence-corrected chi connectivity index (χ0v) is 14.8. The molecule has 0 saturated carbocycles. The van der Waals surface area contributed by atoms with Gasteiger partial charge in [-0.2, -0.15) is 0 Å². The maximum Gasteiger partial charge on any atom is 0.303 e. The van der Waals surface area contributed by atoms with E-state index < -0.39 is 49.2 Å². The van der Waals surface area contributed by atoms with Gasteiger partial charge < -0.3 is 23.5 Å². The first-order valence-corrected chi connectivity index (χ1v) is 9.41. The predicted molar refractivity (Wildman–Crippen MR) is 80.5 cm³/mol. The maximum absolute atomic E-state index is 13.2. The summed E-state index contributed by atoms with van der Waals surface area (Å²) in [4.78, 5) is 34.1. The van der Waals surface area contributed by atoms with Crippen molar-refractivity contribution in [3.63, 3.8) is 0 Å². The summed E-state index contributed by atoms with van der Waals surface area (Å²) in [6.45, 7) is 5.28. The van der Waals surface area contributed by atoms with Crippen molar-refractivity contribution in [2.45, 2.75) is 51.9 Å². The lowest BCUT2D eigenvalue weighted by Crippen LogP contribution is -2.56. The van der Waals surface area contributed by atoms with E-state index in [4.69, 9.17) is 18.9 Å². The van der Waals surface area contributed by atoms with E-state index in [0.29, 0.717) is 0 Å². The van der Waals surface area contributed by atoms with Crippen LogP contribution in [0.3, 0.4) is 0 Å². The molecule has 0 radical (unpaired) electrons. The lowest BCUT2D eigenvalue weighted by atomic mass is 10.1. The third kappa shape index (κ3) is 4.78. The van der Waals surface area contributed by atoms with E-state index in [9.17, 15) is 18.9 Å². The molecule has 1 heterocycles. The van der Waals surface area contributed by atoms with Gasteiger partial charge in [-0.25, -0.2) is 0 Å². The highest BCUT2D eigenvalue weighted by Gasteiger charge is 2.55. The van der Waals surface area contributed by atoms with Gasteiger partial charge in [0.2, 0.25) is 0 Å². The smallest absolute Gasteiger partial charge is 0.303 e. The molecule has 8 nitrogen and oxygen atoms in total. The van der Waals surface area contributed by atoms with Crippen LogP contribution in [0.15, 0.2) is 0 Å². The molecule has 23 heavy (non-hydrogen) atoms. The lowest BCUT2D eigenvalue weighted by Gasteiger charge is -2.43. The van der Waals surface area contributed by atoms with Crippen LogP contribution >= 0.6 is 7.14 Å². The molecule has 0 aromatic heterocycles. The first-order valence-electron chi connectivity index (χ1n) is 7.26. The molecule has 0 aliphatic carbocycles. The van der Waals surface area contributed by atoms with Crippen LogP contribution in [0.2, 0.25) is 0 Å². The van der Waals surface area contributed by atoms with Crippen LogP contribution in [0.4, 0.5) is 0 Å². The molecule has 0 N–H and O–H groups in total. The molecule has 1 fully saturated rings. The largest absolute Gasteiger partial charge is 0.459 e. The van der Waals surface area contributed by atoms with Crippen LogP contribution in [-0.2, 0) is 37.9 Å². The average Bonchev–Trinajstić information content (AvgIpc) is 2.42. The summed E-state index contributed by atoms with van der Waals surface area (Å²) in [6.07, 6.45) is -2.63. The van der Waals surface area contributed by atoms with Gasteiger partial charge in [0.05, 0.1) is 0 Å². The Bertz CT molecular complexity index is 517. The zero-order valence-electron chi connectivity index (χ0n) is 13.9. The minimum atomic E-state index is -3.11. The molecule has 0 aromatic rings. The number of methoxy groups -OCH3 is 1. The fourth-order valence-corrected chi connectivity index (χ4v) is 5.54. The maximum atomic E-state index is 13.2. The number of esters is 3.